The molecule has 0 aliphatic carbocycles. The van der Waals surface area contributed by atoms with E-state index in [1.54, 1.807) is 13.8 Å². The van der Waals surface area contributed by atoms with E-state index in [9.17, 15) is 9.59 Å². The normalized spacial score (nSPS) is 11.3. The predicted molar refractivity (Wildman–Crippen MR) is 67.6 cm³/mol. The molecule has 1 aromatic heterocycles. The predicted octanol–water partition coefficient (Wildman–Crippen LogP) is 1.37. The maximum atomic E-state index is 12.2. The quantitative estimate of drug-likeness (QED) is 0.472. The number of rotatable bonds is 4. The minimum atomic E-state index is -1.66. The van der Waals surface area contributed by atoms with Crippen molar-refractivity contribution in [2.75, 3.05) is 14.2 Å². The third-order valence-corrected chi connectivity index (χ3v) is 3.09. The van der Waals surface area contributed by atoms with Crippen molar-refractivity contribution >= 4 is 23.5 Å². The summed E-state index contributed by atoms with van der Waals surface area (Å²) in [5.74, 6) is -1.92. The van der Waals surface area contributed by atoms with Gasteiger partial charge in [-0.3, -0.25) is 9.59 Å². The van der Waals surface area contributed by atoms with Crippen molar-refractivity contribution in [3.05, 3.63) is 23.2 Å². The van der Waals surface area contributed by atoms with E-state index >= 15 is 0 Å². The largest absolute Gasteiger partial charge is 0.468 e. The van der Waals surface area contributed by atoms with Crippen LogP contribution in [-0.2, 0) is 24.5 Å². The second kappa shape index (κ2) is 5.97. The lowest BCUT2D eigenvalue weighted by atomic mass is 9.74. The Bertz CT molecular complexity index is 474. The first kappa shape index (κ1) is 15.4. The van der Waals surface area contributed by atoms with Gasteiger partial charge >= 0.3 is 11.9 Å². The lowest BCUT2D eigenvalue weighted by Gasteiger charge is -2.31. The maximum Gasteiger partial charge on any atom is 0.329 e. The number of halogens is 1. The Labute approximate surface area is 116 Å². The molecule has 0 atom stereocenters. The van der Waals surface area contributed by atoms with Crippen LogP contribution >= 0.6 is 11.6 Å². The summed E-state index contributed by atoms with van der Waals surface area (Å²) < 4.78 is 9.50. The zero-order valence-corrected chi connectivity index (χ0v) is 11.9. The Balaban J connectivity index is 3.56. The summed E-state index contributed by atoms with van der Waals surface area (Å²) in [6.07, 6.45) is 1.37. The molecule has 7 heteroatoms. The van der Waals surface area contributed by atoms with Crippen LogP contribution in [-0.4, -0.2) is 36.1 Å². The average molecular weight is 287 g/mol. The Hall–Kier alpha value is -1.69. The number of carbonyl (C=O) groups is 2. The van der Waals surface area contributed by atoms with E-state index in [2.05, 4.69) is 9.97 Å². The highest BCUT2D eigenvalue weighted by molar-refractivity contribution is 6.28. The standard InChI is InChI=1S/C12H15ClN2O4/c1-7(2)12(9(16)18-3,10(17)19-4)8-5-6-14-11(13)15-8/h5-7H,1-4H3. The van der Waals surface area contributed by atoms with E-state index in [0.717, 1.165) is 0 Å². The van der Waals surface area contributed by atoms with E-state index in [0.29, 0.717) is 0 Å². The smallest absolute Gasteiger partial charge is 0.329 e. The zero-order valence-electron chi connectivity index (χ0n) is 11.1. The fourth-order valence-electron chi connectivity index (χ4n) is 1.94. The van der Waals surface area contributed by atoms with Crippen molar-refractivity contribution in [2.24, 2.45) is 5.92 Å². The molecular formula is C12H15ClN2O4. The number of ether oxygens (including phenoxy) is 2. The van der Waals surface area contributed by atoms with Crippen LogP contribution in [0.1, 0.15) is 19.5 Å². The molecule has 0 N–H and O–H groups in total. The number of nitrogens with zero attached hydrogens (tertiary/aromatic N) is 2. The Morgan fingerprint density at radius 1 is 1.26 bits per heavy atom. The molecule has 1 rings (SSSR count). The van der Waals surface area contributed by atoms with Gasteiger partial charge in [-0.05, 0) is 23.6 Å². The number of esters is 2. The first-order valence-electron chi connectivity index (χ1n) is 5.57. The summed E-state index contributed by atoms with van der Waals surface area (Å²) in [6, 6.07) is 1.44. The third-order valence-electron chi connectivity index (χ3n) is 2.91. The molecule has 0 saturated heterocycles. The summed E-state index contributed by atoms with van der Waals surface area (Å²) in [5, 5.41) is -0.0599. The fraction of sp³-hybridized carbons (Fsp3) is 0.500. The molecule has 19 heavy (non-hydrogen) atoms. The third kappa shape index (κ3) is 2.53. The van der Waals surface area contributed by atoms with Gasteiger partial charge in [0.2, 0.25) is 10.7 Å². The van der Waals surface area contributed by atoms with Gasteiger partial charge in [-0.2, -0.15) is 0 Å². The molecule has 0 bridgehead atoms. The van der Waals surface area contributed by atoms with Crippen molar-refractivity contribution in [3.8, 4) is 0 Å². The molecule has 0 unspecified atom stereocenters. The molecule has 0 amide bonds. The molecule has 0 aromatic carbocycles. The van der Waals surface area contributed by atoms with E-state index in [1.165, 1.54) is 26.5 Å². The minimum Gasteiger partial charge on any atom is -0.468 e. The van der Waals surface area contributed by atoms with Gasteiger partial charge in [-0.25, -0.2) is 9.97 Å². The second-order valence-electron chi connectivity index (χ2n) is 4.16. The van der Waals surface area contributed by atoms with Crippen LogP contribution in [0.5, 0.6) is 0 Å². The summed E-state index contributed by atoms with van der Waals surface area (Å²) in [7, 11) is 2.40. The number of carbonyl (C=O) groups excluding carboxylic acids is 2. The van der Waals surface area contributed by atoms with Crippen LogP contribution in [0.3, 0.4) is 0 Å². The van der Waals surface area contributed by atoms with Crippen molar-refractivity contribution < 1.29 is 19.1 Å². The molecule has 0 radical (unpaired) electrons. The lowest BCUT2D eigenvalue weighted by molar-refractivity contribution is -0.165. The van der Waals surface area contributed by atoms with Gasteiger partial charge in [0.05, 0.1) is 19.9 Å². The van der Waals surface area contributed by atoms with Crippen molar-refractivity contribution in [1.29, 1.82) is 0 Å². The van der Waals surface area contributed by atoms with Gasteiger partial charge in [0, 0.05) is 6.20 Å². The first-order chi connectivity index (χ1) is 8.91. The van der Waals surface area contributed by atoms with Crippen LogP contribution in [0.15, 0.2) is 12.3 Å². The molecule has 6 nitrogen and oxygen atoms in total. The summed E-state index contributed by atoms with van der Waals surface area (Å²) in [5.41, 5.74) is -1.50. The molecule has 1 heterocycles. The molecule has 104 valence electrons. The Kier molecular flexibility index (Phi) is 4.83. The van der Waals surface area contributed by atoms with Gasteiger partial charge in [0.25, 0.3) is 0 Å². The number of methoxy groups -OCH3 is 2. The van der Waals surface area contributed by atoms with Crippen LogP contribution < -0.4 is 0 Å². The van der Waals surface area contributed by atoms with Crippen molar-refractivity contribution in [3.63, 3.8) is 0 Å². The number of aromatic nitrogens is 2. The lowest BCUT2D eigenvalue weighted by Crippen LogP contribution is -2.50. The van der Waals surface area contributed by atoms with Crippen LogP contribution in [0.2, 0.25) is 5.28 Å². The highest BCUT2D eigenvalue weighted by Crippen LogP contribution is 2.34. The highest BCUT2D eigenvalue weighted by atomic mass is 35.5. The number of hydrogen-bond donors (Lipinski definition) is 0. The summed E-state index contributed by atoms with van der Waals surface area (Å²) in [6.45, 7) is 3.40. The monoisotopic (exact) mass is 286 g/mol. The zero-order chi connectivity index (χ0) is 14.6. The molecule has 0 spiro atoms. The van der Waals surface area contributed by atoms with Crippen LogP contribution in [0, 0.1) is 5.92 Å². The first-order valence-corrected chi connectivity index (χ1v) is 5.94. The van der Waals surface area contributed by atoms with Crippen molar-refractivity contribution in [2.45, 2.75) is 19.3 Å². The highest BCUT2D eigenvalue weighted by Gasteiger charge is 2.54. The van der Waals surface area contributed by atoms with Gasteiger partial charge in [0.1, 0.15) is 0 Å². The Morgan fingerprint density at radius 2 is 1.79 bits per heavy atom. The van der Waals surface area contributed by atoms with E-state index in [-0.39, 0.29) is 11.0 Å². The molecule has 0 saturated carbocycles. The van der Waals surface area contributed by atoms with Gasteiger partial charge in [0.15, 0.2) is 0 Å². The second-order valence-corrected chi connectivity index (χ2v) is 4.49. The average Bonchev–Trinajstić information content (AvgIpc) is 2.38. The SMILES string of the molecule is COC(=O)C(C(=O)OC)(c1ccnc(Cl)n1)C(C)C. The fourth-order valence-corrected chi connectivity index (χ4v) is 2.08. The summed E-state index contributed by atoms with van der Waals surface area (Å²) >= 11 is 5.72. The van der Waals surface area contributed by atoms with E-state index < -0.39 is 23.3 Å². The molecule has 1 aromatic rings. The van der Waals surface area contributed by atoms with Gasteiger partial charge in [-0.15, -0.1) is 0 Å². The molecule has 0 aliphatic heterocycles. The van der Waals surface area contributed by atoms with E-state index in [1.807, 2.05) is 0 Å². The molecular weight excluding hydrogens is 272 g/mol. The van der Waals surface area contributed by atoms with Gasteiger partial charge in [-0.1, -0.05) is 13.8 Å². The molecule has 0 fully saturated rings. The summed E-state index contributed by atoms with van der Waals surface area (Å²) in [4.78, 5) is 32.0. The molecule has 0 aliphatic rings. The van der Waals surface area contributed by atoms with E-state index in [4.69, 9.17) is 21.1 Å². The minimum absolute atomic E-state index is 0.0599. The Morgan fingerprint density at radius 3 is 2.16 bits per heavy atom. The van der Waals surface area contributed by atoms with Crippen LogP contribution in [0.25, 0.3) is 0 Å². The number of hydrogen-bond acceptors (Lipinski definition) is 6. The topological polar surface area (TPSA) is 78.4 Å². The van der Waals surface area contributed by atoms with Crippen LogP contribution in [0.4, 0.5) is 0 Å². The van der Waals surface area contributed by atoms with Crippen molar-refractivity contribution in [1.82, 2.24) is 9.97 Å². The van der Waals surface area contributed by atoms with Gasteiger partial charge < -0.3 is 9.47 Å². The maximum absolute atomic E-state index is 12.2.